The SMILES string of the molecule is CCC(CO)(CCCN1CCOCC1)NC. The minimum atomic E-state index is -0.0771. The van der Waals surface area contributed by atoms with E-state index in [0.717, 1.165) is 52.1 Å². The molecule has 1 aliphatic rings. The van der Waals surface area contributed by atoms with Gasteiger partial charge >= 0.3 is 0 Å². The van der Waals surface area contributed by atoms with Crippen LogP contribution in [0.1, 0.15) is 26.2 Å². The highest BCUT2D eigenvalue weighted by atomic mass is 16.5. The van der Waals surface area contributed by atoms with Crippen molar-refractivity contribution in [1.82, 2.24) is 10.2 Å². The lowest BCUT2D eigenvalue weighted by atomic mass is 9.91. The molecular formula is C12H26N2O2. The van der Waals surface area contributed by atoms with E-state index in [2.05, 4.69) is 17.1 Å². The molecule has 96 valence electrons. The van der Waals surface area contributed by atoms with Crippen LogP contribution in [0.3, 0.4) is 0 Å². The van der Waals surface area contributed by atoms with Crippen LogP contribution < -0.4 is 5.32 Å². The molecule has 0 aromatic rings. The van der Waals surface area contributed by atoms with Crippen molar-refractivity contribution in [2.75, 3.05) is 46.5 Å². The van der Waals surface area contributed by atoms with Crippen LogP contribution in [-0.4, -0.2) is 62.0 Å². The summed E-state index contributed by atoms with van der Waals surface area (Å²) in [7, 11) is 1.94. The Morgan fingerprint density at radius 2 is 2.06 bits per heavy atom. The molecule has 0 aromatic carbocycles. The van der Waals surface area contributed by atoms with E-state index in [4.69, 9.17) is 4.74 Å². The number of hydrogen-bond acceptors (Lipinski definition) is 4. The van der Waals surface area contributed by atoms with Gasteiger partial charge in [0.2, 0.25) is 0 Å². The maximum Gasteiger partial charge on any atom is 0.0613 e. The van der Waals surface area contributed by atoms with Gasteiger partial charge in [-0.15, -0.1) is 0 Å². The van der Waals surface area contributed by atoms with Gasteiger partial charge in [0.25, 0.3) is 0 Å². The molecule has 0 bridgehead atoms. The Morgan fingerprint density at radius 3 is 2.56 bits per heavy atom. The first-order valence-corrected chi connectivity index (χ1v) is 6.36. The fourth-order valence-electron chi connectivity index (χ4n) is 2.21. The normalized spacial score (nSPS) is 21.9. The molecule has 16 heavy (non-hydrogen) atoms. The molecular weight excluding hydrogens is 204 g/mol. The highest BCUT2D eigenvalue weighted by Gasteiger charge is 2.24. The van der Waals surface area contributed by atoms with Gasteiger partial charge in [-0.05, 0) is 32.9 Å². The summed E-state index contributed by atoms with van der Waals surface area (Å²) in [5, 5.41) is 12.7. The molecule has 0 spiro atoms. The number of hydrogen-bond donors (Lipinski definition) is 2. The summed E-state index contributed by atoms with van der Waals surface area (Å²) in [5.41, 5.74) is -0.0771. The molecule has 0 amide bonds. The zero-order chi connectivity index (χ0) is 11.9. The number of aliphatic hydroxyl groups excluding tert-OH is 1. The molecule has 1 heterocycles. The molecule has 4 nitrogen and oxygen atoms in total. The van der Waals surface area contributed by atoms with Gasteiger partial charge in [0.05, 0.1) is 19.8 Å². The number of morpholine rings is 1. The summed E-state index contributed by atoms with van der Waals surface area (Å²) in [6, 6.07) is 0. The molecule has 0 aromatic heterocycles. The number of aliphatic hydroxyl groups is 1. The lowest BCUT2D eigenvalue weighted by Gasteiger charge is -2.32. The van der Waals surface area contributed by atoms with Crippen LogP contribution >= 0.6 is 0 Å². The molecule has 2 N–H and O–H groups in total. The second-order valence-corrected chi connectivity index (χ2v) is 4.60. The Balaban J connectivity index is 2.21. The first-order chi connectivity index (χ1) is 7.76. The van der Waals surface area contributed by atoms with E-state index in [1.165, 1.54) is 0 Å². The number of rotatable bonds is 7. The van der Waals surface area contributed by atoms with Crippen molar-refractivity contribution in [1.29, 1.82) is 0 Å². The number of likely N-dealkylation sites (N-methyl/N-ethyl adjacent to an activating group) is 1. The van der Waals surface area contributed by atoms with Crippen LogP contribution in [0.5, 0.6) is 0 Å². The molecule has 1 unspecified atom stereocenters. The summed E-state index contributed by atoms with van der Waals surface area (Å²) in [6.45, 7) is 7.31. The second kappa shape index (κ2) is 7.22. The van der Waals surface area contributed by atoms with E-state index in [9.17, 15) is 5.11 Å². The van der Waals surface area contributed by atoms with E-state index >= 15 is 0 Å². The molecule has 0 aliphatic carbocycles. The Bertz CT molecular complexity index is 170. The van der Waals surface area contributed by atoms with Crippen molar-refractivity contribution in [2.24, 2.45) is 0 Å². The zero-order valence-corrected chi connectivity index (χ0v) is 10.7. The fraction of sp³-hybridized carbons (Fsp3) is 1.00. The maximum atomic E-state index is 9.42. The Kier molecular flexibility index (Phi) is 6.28. The second-order valence-electron chi connectivity index (χ2n) is 4.60. The van der Waals surface area contributed by atoms with Crippen LogP contribution in [-0.2, 0) is 4.74 Å². The predicted octanol–water partition coefficient (Wildman–Crippen LogP) is 0.459. The zero-order valence-electron chi connectivity index (χ0n) is 10.7. The van der Waals surface area contributed by atoms with E-state index in [1.54, 1.807) is 0 Å². The first-order valence-electron chi connectivity index (χ1n) is 6.36. The summed E-state index contributed by atoms with van der Waals surface area (Å²) in [4.78, 5) is 2.44. The van der Waals surface area contributed by atoms with E-state index < -0.39 is 0 Å². The topological polar surface area (TPSA) is 44.7 Å². The molecule has 0 radical (unpaired) electrons. The summed E-state index contributed by atoms with van der Waals surface area (Å²) < 4.78 is 5.32. The molecule has 1 rings (SSSR count). The predicted molar refractivity (Wildman–Crippen MR) is 65.7 cm³/mol. The molecule has 4 heteroatoms. The maximum absolute atomic E-state index is 9.42. The van der Waals surface area contributed by atoms with E-state index in [-0.39, 0.29) is 12.1 Å². The smallest absolute Gasteiger partial charge is 0.0613 e. The van der Waals surface area contributed by atoms with Crippen molar-refractivity contribution in [3.8, 4) is 0 Å². The Morgan fingerprint density at radius 1 is 1.38 bits per heavy atom. The molecule has 1 fully saturated rings. The summed E-state index contributed by atoms with van der Waals surface area (Å²) >= 11 is 0. The van der Waals surface area contributed by atoms with Crippen molar-refractivity contribution in [3.63, 3.8) is 0 Å². The van der Waals surface area contributed by atoms with Gasteiger partial charge in [-0.3, -0.25) is 4.90 Å². The van der Waals surface area contributed by atoms with E-state index in [0.29, 0.717) is 0 Å². The lowest BCUT2D eigenvalue weighted by molar-refractivity contribution is 0.0352. The van der Waals surface area contributed by atoms with Crippen LogP contribution in [0.2, 0.25) is 0 Å². The molecule has 0 saturated carbocycles. The van der Waals surface area contributed by atoms with Gasteiger partial charge in [0.1, 0.15) is 0 Å². The van der Waals surface area contributed by atoms with Crippen LogP contribution in [0.25, 0.3) is 0 Å². The van der Waals surface area contributed by atoms with Gasteiger partial charge in [-0.2, -0.15) is 0 Å². The van der Waals surface area contributed by atoms with Gasteiger partial charge < -0.3 is 15.2 Å². The Labute approximate surface area is 99.0 Å². The van der Waals surface area contributed by atoms with E-state index in [1.807, 2.05) is 7.05 Å². The van der Waals surface area contributed by atoms with Gasteiger partial charge in [-0.25, -0.2) is 0 Å². The molecule has 1 atom stereocenters. The third kappa shape index (κ3) is 4.01. The summed E-state index contributed by atoms with van der Waals surface area (Å²) in [6.07, 6.45) is 3.15. The van der Waals surface area contributed by atoms with Crippen molar-refractivity contribution in [3.05, 3.63) is 0 Å². The van der Waals surface area contributed by atoms with Crippen molar-refractivity contribution in [2.45, 2.75) is 31.7 Å². The van der Waals surface area contributed by atoms with Gasteiger partial charge in [0.15, 0.2) is 0 Å². The van der Waals surface area contributed by atoms with Crippen molar-refractivity contribution >= 4 is 0 Å². The fourth-order valence-corrected chi connectivity index (χ4v) is 2.21. The Hall–Kier alpha value is -0.160. The minimum Gasteiger partial charge on any atom is -0.394 e. The molecule has 1 saturated heterocycles. The average Bonchev–Trinajstić information content (AvgIpc) is 2.37. The van der Waals surface area contributed by atoms with Crippen molar-refractivity contribution < 1.29 is 9.84 Å². The third-order valence-electron chi connectivity index (χ3n) is 3.74. The minimum absolute atomic E-state index is 0.0771. The average molecular weight is 230 g/mol. The van der Waals surface area contributed by atoms with Gasteiger partial charge in [-0.1, -0.05) is 6.92 Å². The monoisotopic (exact) mass is 230 g/mol. The van der Waals surface area contributed by atoms with Crippen LogP contribution in [0.15, 0.2) is 0 Å². The highest BCUT2D eigenvalue weighted by Crippen LogP contribution is 2.16. The van der Waals surface area contributed by atoms with Crippen LogP contribution in [0, 0.1) is 0 Å². The lowest BCUT2D eigenvalue weighted by Crippen LogP contribution is -2.46. The van der Waals surface area contributed by atoms with Gasteiger partial charge in [0, 0.05) is 18.6 Å². The van der Waals surface area contributed by atoms with Crippen LogP contribution in [0.4, 0.5) is 0 Å². The quantitative estimate of drug-likeness (QED) is 0.667. The highest BCUT2D eigenvalue weighted by molar-refractivity contribution is 4.84. The standard InChI is InChI=1S/C12H26N2O2/c1-3-12(11-15,13-2)5-4-6-14-7-9-16-10-8-14/h13,15H,3-11H2,1-2H3. The number of nitrogens with one attached hydrogen (secondary N) is 1. The number of ether oxygens (including phenoxy) is 1. The number of nitrogens with zero attached hydrogens (tertiary/aromatic N) is 1. The first kappa shape index (κ1) is 13.9. The summed E-state index contributed by atoms with van der Waals surface area (Å²) in [5.74, 6) is 0. The molecule has 1 aliphatic heterocycles. The third-order valence-corrected chi connectivity index (χ3v) is 3.74. The largest absolute Gasteiger partial charge is 0.394 e.